The van der Waals surface area contributed by atoms with Crippen LogP contribution in [0.5, 0.6) is 5.75 Å². The quantitative estimate of drug-likeness (QED) is 0.262. The molecule has 0 aliphatic carbocycles. The van der Waals surface area contributed by atoms with Crippen LogP contribution >= 0.6 is 23.2 Å². The number of halogens is 3. The van der Waals surface area contributed by atoms with Gasteiger partial charge in [-0.15, -0.1) is 0 Å². The summed E-state index contributed by atoms with van der Waals surface area (Å²) in [5, 5.41) is 12.0. The summed E-state index contributed by atoms with van der Waals surface area (Å²) in [6.07, 6.45) is 2.23. The first-order valence-corrected chi connectivity index (χ1v) is 11.6. The highest BCUT2D eigenvalue weighted by Gasteiger charge is 2.47. The summed E-state index contributed by atoms with van der Waals surface area (Å²) in [4.78, 5) is 10.3. The number of nitrogens with zero attached hydrogens (tertiary/aromatic N) is 3. The Morgan fingerprint density at radius 2 is 1.97 bits per heavy atom. The molecule has 34 heavy (non-hydrogen) atoms. The molecule has 3 aromatic rings. The molecule has 1 atom stereocenters. The van der Waals surface area contributed by atoms with Crippen LogP contribution in [0.15, 0.2) is 42.7 Å². The summed E-state index contributed by atoms with van der Waals surface area (Å²) < 4.78 is 19.8. The molecule has 4 heterocycles. The van der Waals surface area contributed by atoms with Crippen molar-refractivity contribution in [3.05, 3.63) is 75.4 Å². The van der Waals surface area contributed by atoms with Crippen molar-refractivity contribution < 1.29 is 9.13 Å². The van der Waals surface area contributed by atoms with Gasteiger partial charge in [-0.3, -0.25) is 5.41 Å². The Balaban J connectivity index is 1.32. The Morgan fingerprint density at radius 1 is 1.21 bits per heavy atom. The lowest BCUT2D eigenvalue weighted by molar-refractivity contribution is 0.120. The average Bonchev–Trinajstić information content (AvgIpc) is 2.76. The van der Waals surface area contributed by atoms with Crippen LogP contribution in [0.1, 0.15) is 29.7 Å². The van der Waals surface area contributed by atoms with Crippen molar-refractivity contribution >= 4 is 40.4 Å². The maximum atomic E-state index is 13.8. The molecule has 1 aromatic carbocycles. The molecule has 0 bridgehead atoms. The molecule has 5 rings (SSSR count). The van der Waals surface area contributed by atoms with E-state index in [9.17, 15) is 4.39 Å². The fourth-order valence-electron chi connectivity index (χ4n) is 4.42. The molecule has 0 amide bonds. The third-order valence-corrected chi connectivity index (χ3v) is 7.05. The topological polar surface area (TPSA) is 100 Å². The first-order valence-electron chi connectivity index (χ1n) is 10.8. The Hall–Kier alpha value is -2.94. The lowest BCUT2D eigenvalue weighted by atomic mass is 9.74. The van der Waals surface area contributed by atoms with Gasteiger partial charge < -0.3 is 20.7 Å². The zero-order valence-electron chi connectivity index (χ0n) is 18.4. The maximum absolute atomic E-state index is 13.8. The number of hydrogen-bond donors (Lipinski definition) is 3. The molecular formula is C24H23Cl2FN6O. The number of hydrogen-bond acceptors (Lipinski definition) is 7. The Bertz CT molecular complexity index is 1260. The number of aromatic nitrogens is 2. The van der Waals surface area contributed by atoms with Gasteiger partial charge in [0.1, 0.15) is 22.7 Å². The Labute approximate surface area is 206 Å². The van der Waals surface area contributed by atoms with Gasteiger partial charge in [-0.25, -0.2) is 9.97 Å². The lowest BCUT2D eigenvalue weighted by Crippen LogP contribution is -2.71. The van der Waals surface area contributed by atoms with Crippen LogP contribution in [-0.4, -0.2) is 41.9 Å². The highest BCUT2D eigenvalue weighted by Crippen LogP contribution is 2.37. The molecule has 10 heteroatoms. The number of nitrogens with one attached hydrogen (secondary N) is 2. The second-order valence-corrected chi connectivity index (χ2v) is 9.66. The summed E-state index contributed by atoms with van der Waals surface area (Å²) in [6.45, 7) is 5.84. The number of benzene rings is 1. The van der Waals surface area contributed by atoms with E-state index in [-0.39, 0.29) is 15.8 Å². The monoisotopic (exact) mass is 500 g/mol. The number of pyridine rings is 2. The van der Waals surface area contributed by atoms with Crippen molar-refractivity contribution in [1.82, 2.24) is 15.3 Å². The van der Waals surface area contributed by atoms with E-state index in [4.69, 9.17) is 39.1 Å². The summed E-state index contributed by atoms with van der Waals surface area (Å²) >= 11 is 12.2. The van der Waals surface area contributed by atoms with E-state index in [1.807, 2.05) is 12.1 Å². The third-order valence-electron chi connectivity index (χ3n) is 6.39. The van der Waals surface area contributed by atoms with Gasteiger partial charge in [-0.05, 0) is 37.3 Å². The summed E-state index contributed by atoms with van der Waals surface area (Å²) in [6, 6.07) is 8.83. The number of ether oxygens (including phenoxy) is 1. The van der Waals surface area contributed by atoms with Gasteiger partial charge >= 0.3 is 0 Å². The Morgan fingerprint density at radius 3 is 2.62 bits per heavy atom. The molecule has 0 saturated carbocycles. The van der Waals surface area contributed by atoms with E-state index >= 15 is 0 Å². The van der Waals surface area contributed by atoms with Crippen LogP contribution in [-0.2, 0) is 0 Å². The summed E-state index contributed by atoms with van der Waals surface area (Å²) in [7, 11) is 0. The number of nitrogen functional groups attached to an aromatic ring is 1. The largest absolute Gasteiger partial charge is 0.486 e. The minimum Gasteiger partial charge on any atom is -0.486 e. The lowest BCUT2D eigenvalue weighted by Gasteiger charge is -2.56. The van der Waals surface area contributed by atoms with Crippen LogP contribution in [0, 0.1) is 16.8 Å². The van der Waals surface area contributed by atoms with E-state index < -0.39 is 12.1 Å². The maximum Gasteiger partial charge on any atom is 0.232 e. The highest BCUT2D eigenvalue weighted by atomic mass is 35.5. The van der Waals surface area contributed by atoms with Crippen molar-refractivity contribution in [3.8, 4) is 5.75 Å². The van der Waals surface area contributed by atoms with E-state index in [1.54, 1.807) is 31.3 Å². The highest BCUT2D eigenvalue weighted by molar-refractivity contribution is 6.35. The molecule has 2 aliphatic heterocycles. The van der Waals surface area contributed by atoms with Crippen LogP contribution in [0.2, 0.25) is 10.0 Å². The SMILES string of the molecule is C[C@@H](Oc1ccc(N)c(C(=N)c2ccc(N3CC4(CNC4)C3)nc2)c1)c1c(Cl)cnc(F)c1Cl. The number of nitrogens with two attached hydrogens (primary N) is 1. The molecule has 2 aliphatic rings. The smallest absolute Gasteiger partial charge is 0.232 e. The minimum absolute atomic E-state index is 0.184. The third kappa shape index (κ3) is 4.06. The Kier molecular flexibility index (Phi) is 5.83. The molecule has 0 radical (unpaired) electrons. The zero-order valence-corrected chi connectivity index (χ0v) is 19.9. The first kappa shape index (κ1) is 22.8. The van der Waals surface area contributed by atoms with Gasteiger partial charge in [0, 0.05) is 66.4 Å². The predicted molar refractivity (Wildman–Crippen MR) is 132 cm³/mol. The second kappa shape index (κ2) is 8.69. The van der Waals surface area contributed by atoms with E-state index in [0.717, 1.165) is 32.0 Å². The van der Waals surface area contributed by atoms with Crippen molar-refractivity contribution in [1.29, 1.82) is 5.41 Å². The second-order valence-electron chi connectivity index (χ2n) is 8.87. The number of anilines is 2. The van der Waals surface area contributed by atoms with Crippen molar-refractivity contribution in [2.75, 3.05) is 36.8 Å². The van der Waals surface area contributed by atoms with Gasteiger partial charge in [-0.2, -0.15) is 4.39 Å². The molecular weight excluding hydrogens is 478 g/mol. The zero-order chi connectivity index (χ0) is 24.0. The molecule has 0 unspecified atom stereocenters. The molecule has 176 valence electrons. The molecule has 4 N–H and O–H groups in total. The van der Waals surface area contributed by atoms with Crippen LogP contribution in [0.3, 0.4) is 0 Å². The average molecular weight is 501 g/mol. The molecule has 2 saturated heterocycles. The summed E-state index contributed by atoms with van der Waals surface area (Å²) in [5.74, 6) is 0.534. The number of rotatable bonds is 6. The van der Waals surface area contributed by atoms with Crippen LogP contribution in [0.4, 0.5) is 15.9 Å². The van der Waals surface area contributed by atoms with Gasteiger partial charge in [-0.1, -0.05) is 23.2 Å². The fourth-order valence-corrected chi connectivity index (χ4v) is 5.07. The van der Waals surface area contributed by atoms with Gasteiger partial charge in [0.05, 0.1) is 10.7 Å². The molecule has 2 fully saturated rings. The van der Waals surface area contributed by atoms with Gasteiger partial charge in [0.25, 0.3) is 0 Å². The normalized spacial score (nSPS) is 17.1. The molecule has 2 aromatic heterocycles. The van der Waals surface area contributed by atoms with E-state index in [2.05, 4.69) is 20.2 Å². The molecule has 7 nitrogen and oxygen atoms in total. The fraction of sp³-hybridized carbons (Fsp3) is 0.292. The van der Waals surface area contributed by atoms with E-state index in [1.165, 1.54) is 6.20 Å². The first-order chi connectivity index (χ1) is 16.3. The van der Waals surface area contributed by atoms with Crippen LogP contribution in [0.25, 0.3) is 0 Å². The van der Waals surface area contributed by atoms with Crippen molar-refractivity contribution in [2.45, 2.75) is 13.0 Å². The molecule has 1 spiro atoms. The van der Waals surface area contributed by atoms with E-state index in [0.29, 0.717) is 33.5 Å². The van der Waals surface area contributed by atoms with Crippen LogP contribution < -0.4 is 20.7 Å². The van der Waals surface area contributed by atoms with Crippen molar-refractivity contribution in [3.63, 3.8) is 0 Å². The predicted octanol–water partition coefficient (Wildman–Crippen LogP) is 4.47. The van der Waals surface area contributed by atoms with Gasteiger partial charge in [0.2, 0.25) is 5.95 Å². The van der Waals surface area contributed by atoms with Crippen molar-refractivity contribution in [2.24, 2.45) is 5.41 Å². The standard InChI is InChI=1S/C24H23Cl2FN6O/c1-13(20-17(25)8-32-23(27)21(20)26)34-15-3-4-18(28)16(6-15)22(29)14-2-5-19(31-7-14)33-11-24(12-33)9-30-10-24/h2-8,13,29-30H,9-12,28H2,1H3/t13-/m1/s1. The minimum atomic E-state index is -0.815. The summed E-state index contributed by atoms with van der Waals surface area (Å²) in [5.41, 5.74) is 8.68. The van der Waals surface area contributed by atoms with Gasteiger partial charge in [0.15, 0.2) is 0 Å².